The third-order valence-electron chi connectivity index (χ3n) is 2.82. The van der Waals surface area contributed by atoms with Crippen LogP contribution in [0.1, 0.15) is 17.2 Å². The maximum atomic E-state index is 13.7. The lowest BCUT2D eigenvalue weighted by Gasteiger charge is -2.13. The molecule has 0 heterocycles. The highest BCUT2D eigenvalue weighted by Crippen LogP contribution is 2.27. The van der Waals surface area contributed by atoms with Crippen molar-refractivity contribution < 1.29 is 13.9 Å². The highest BCUT2D eigenvalue weighted by Gasteiger charge is 2.17. The molecule has 0 fully saturated rings. The van der Waals surface area contributed by atoms with Crippen LogP contribution >= 0.6 is 11.8 Å². The molecule has 0 aliphatic heterocycles. The zero-order chi connectivity index (χ0) is 13.8. The van der Waals surface area contributed by atoms with Crippen LogP contribution in [0.2, 0.25) is 0 Å². The largest absolute Gasteiger partial charge is 0.387 e. The van der Waals surface area contributed by atoms with Crippen LogP contribution in [0.15, 0.2) is 47.4 Å². The van der Waals surface area contributed by atoms with E-state index in [2.05, 4.69) is 0 Å². The van der Waals surface area contributed by atoms with E-state index in [0.29, 0.717) is 0 Å². The topological polar surface area (TPSA) is 20.2 Å². The van der Waals surface area contributed by atoms with E-state index in [4.69, 9.17) is 0 Å². The van der Waals surface area contributed by atoms with E-state index in [9.17, 15) is 13.9 Å². The molecule has 0 bridgehead atoms. The molecule has 1 unspecified atom stereocenters. The molecule has 2 aromatic carbocycles. The summed E-state index contributed by atoms with van der Waals surface area (Å²) in [4.78, 5) is 0.981. The van der Waals surface area contributed by atoms with E-state index in [1.54, 1.807) is 0 Å². The standard InChI is InChI=1S/C15H14F2OS/c1-10-7-8-12(15(17)14(10)16)13(18)9-19-11-5-3-2-4-6-11/h2-8,13,18H,9H2,1H3. The summed E-state index contributed by atoms with van der Waals surface area (Å²) in [6.45, 7) is 1.49. The Morgan fingerprint density at radius 1 is 1.05 bits per heavy atom. The van der Waals surface area contributed by atoms with Crippen molar-refractivity contribution in [3.63, 3.8) is 0 Å². The summed E-state index contributed by atoms with van der Waals surface area (Å²) >= 11 is 1.40. The van der Waals surface area contributed by atoms with Gasteiger partial charge in [0, 0.05) is 16.2 Å². The molecular formula is C15H14F2OS. The summed E-state index contributed by atoms with van der Waals surface area (Å²) in [5.41, 5.74) is 0.246. The second-order valence-corrected chi connectivity index (χ2v) is 5.33. The van der Waals surface area contributed by atoms with Crippen molar-refractivity contribution in [2.45, 2.75) is 17.9 Å². The molecule has 0 aromatic heterocycles. The van der Waals surface area contributed by atoms with E-state index in [-0.39, 0.29) is 16.9 Å². The summed E-state index contributed by atoms with van der Waals surface area (Å²) in [6, 6.07) is 12.4. The maximum absolute atomic E-state index is 13.7. The van der Waals surface area contributed by atoms with Crippen LogP contribution in [-0.2, 0) is 0 Å². The van der Waals surface area contributed by atoms with Crippen LogP contribution in [0.25, 0.3) is 0 Å². The van der Waals surface area contributed by atoms with E-state index in [1.807, 2.05) is 30.3 Å². The fourth-order valence-corrected chi connectivity index (χ4v) is 2.58. The van der Waals surface area contributed by atoms with Gasteiger partial charge >= 0.3 is 0 Å². The number of hydrogen-bond acceptors (Lipinski definition) is 2. The lowest BCUT2D eigenvalue weighted by atomic mass is 10.1. The van der Waals surface area contributed by atoms with E-state index >= 15 is 0 Å². The van der Waals surface area contributed by atoms with Crippen molar-refractivity contribution in [1.82, 2.24) is 0 Å². The van der Waals surface area contributed by atoms with Gasteiger partial charge in [-0.05, 0) is 24.6 Å². The Labute approximate surface area is 115 Å². The van der Waals surface area contributed by atoms with E-state index < -0.39 is 17.7 Å². The average molecular weight is 280 g/mol. The van der Waals surface area contributed by atoms with Gasteiger partial charge in [0.05, 0.1) is 6.10 Å². The van der Waals surface area contributed by atoms with Crippen LogP contribution in [0.3, 0.4) is 0 Å². The van der Waals surface area contributed by atoms with Gasteiger partial charge in [-0.15, -0.1) is 11.8 Å². The van der Waals surface area contributed by atoms with Crippen molar-refractivity contribution in [3.8, 4) is 0 Å². The normalized spacial score (nSPS) is 12.4. The summed E-state index contributed by atoms with van der Waals surface area (Å²) in [7, 11) is 0. The minimum absolute atomic E-state index is 0.00605. The second-order valence-electron chi connectivity index (χ2n) is 4.24. The summed E-state index contributed by atoms with van der Waals surface area (Å²) < 4.78 is 27.1. The maximum Gasteiger partial charge on any atom is 0.164 e. The highest BCUT2D eigenvalue weighted by atomic mass is 32.2. The number of hydrogen-bond donors (Lipinski definition) is 1. The number of aliphatic hydroxyl groups is 1. The van der Waals surface area contributed by atoms with Gasteiger partial charge in [-0.3, -0.25) is 0 Å². The van der Waals surface area contributed by atoms with E-state index in [0.717, 1.165) is 4.90 Å². The Morgan fingerprint density at radius 3 is 2.42 bits per heavy atom. The quantitative estimate of drug-likeness (QED) is 0.851. The number of rotatable bonds is 4. The molecule has 0 spiro atoms. The monoisotopic (exact) mass is 280 g/mol. The zero-order valence-corrected chi connectivity index (χ0v) is 11.3. The zero-order valence-electron chi connectivity index (χ0n) is 10.4. The minimum atomic E-state index is -1.03. The fraction of sp³-hybridized carbons (Fsp3) is 0.200. The molecular weight excluding hydrogens is 266 g/mol. The number of benzene rings is 2. The lowest BCUT2D eigenvalue weighted by molar-refractivity contribution is 0.197. The van der Waals surface area contributed by atoms with Gasteiger partial charge < -0.3 is 5.11 Å². The molecule has 0 aliphatic carbocycles. The Balaban J connectivity index is 2.08. The van der Waals surface area contributed by atoms with Crippen molar-refractivity contribution in [2.75, 3.05) is 5.75 Å². The number of halogens is 2. The SMILES string of the molecule is Cc1ccc(C(O)CSc2ccccc2)c(F)c1F. The molecule has 2 aromatic rings. The van der Waals surface area contributed by atoms with Gasteiger partial charge in [0.15, 0.2) is 11.6 Å². The molecule has 0 radical (unpaired) electrons. The van der Waals surface area contributed by atoms with Gasteiger partial charge in [0.2, 0.25) is 0 Å². The van der Waals surface area contributed by atoms with Gasteiger partial charge in [-0.2, -0.15) is 0 Å². The van der Waals surface area contributed by atoms with Gasteiger partial charge in [0.1, 0.15) is 0 Å². The summed E-state index contributed by atoms with van der Waals surface area (Å²) in [5, 5.41) is 9.95. The van der Waals surface area contributed by atoms with Gasteiger partial charge in [-0.25, -0.2) is 8.78 Å². The van der Waals surface area contributed by atoms with Crippen LogP contribution in [-0.4, -0.2) is 10.9 Å². The predicted molar refractivity (Wildman–Crippen MR) is 73.2 cm³/mol. The highest BCUT2D eigenvalue weighted by molar-refractivity contribution is 7.99. The molecule has 4 heteroatoms. The Kier molecular flexibility index (Phi) is 4.56. The Morgan fingerprint density at radius 2 is 1.74 bits per heavy atom. The minimum Gasteiger partial charge on any atom is -0.387 e. The molecule has 0 saturated heterocycles. The van der Waals surface area contributed by atoms with Crippen LogP contribution < -0.4 is 0 Å². The number of thioether (sulfide) groups is 1. The first-order chi connectivity index (χ1) is 9.09. The molecule has 2 rings (SSSR count). The first-order valence-electron chi connectivity index (χ1n) is 5.90. The third-order valence-corrected chi connectivity index (χ3v) is 3.90. The van der Waals surface area contributed by atoms with Crippen molar-refractivity contribution >= 4 is 11.8 Å². The predicted octanol–water partition coefficient (Wildman–Crippen LogP) is 4.10. The number of aryl methyl sites for hydroxylation is 1. The molecule has 1 atom stereocenters. The van der Waals surface area contributed by atoms with Gasteiger partial charge in [0.25, 0.3) is 0 Å². The van der Waals surface area contributed by atoms with E-state index in [1.165, 1.54) is 30.8 Å². The second kappa shape index (κ2) is 6.17. The van der Waals surface area contributed by atoms with Crippen LogP contribution in [0.5, 0.6) is 0 Å². The smallest absolute Gasteiger partial charge is 0.164 e. The first-order valence-corrected chi connectivity index (χ1v) is 6.88. The van der Waals surface area contributed by atoms with Gasteiger partial charge in [-0.1, -0.05) is 30.3 Å². The molecule has 1 nitrogen and oxygen atoms in total. The molecule has 0 aliphatic rings. The van der Waals surface area contributed by atoms with Crippen LogP contribution in [0, 0.1) is 18.6 Å². The average Bonchev–Trinajstić information content (AvgIpc) is 2.43. The first kappa shape index (κ1) is 14.0. The molecule has 19 heavy (non-hydrogen) atoms. The molecule has 0 amide bonds. The van der Waals surface area contributed by atoms with Crippen molar-refractivity contribution in [1.29, 1.82) is 0 Å². The van der Waals surface area contributed by atoms with Crippen molar-refractivity contribution in [2.24, 2.45) is 0 Å². The lowest BCUT2D eigenvalue weighted by Crippen LogP contribution is -2.06. The Hall–Kier alpha value is -1.39. The Bertz CT molecular complexity index is 558. The number of aliphatic hydroxyl groups excluding tert-OH is 1. The summed E-state index contributed by atoms with van der Waals surface area (Å²) in [5.74, 6) is -1.56. The van der Waals surface area contributed by atoms with Crippen molar-refractivity contribution in [3.05, 3.63) is 65.2 Å². The fourth-order valence-electron chi connectivity index (χ4n) is 1.70. The molecule has 100 valence electrons. The molecule has 1 N–H and O–H groups in total. The van der Waals surface area contributed by atoms with Crippen LogP contribution in [0.4, 0.5) is 8.78 Å². The molecule has 0 saturated carbocycles. The summed E-state index contributed by atoms with van der Waals surface area (Å²) in [6.07, 6.45) is -1.03. The third kappa shape index (κ3) is 3.33.